The summed E-state index contributed by atoms with van der Waals surface area (Å²) in [5.74, 6) is 0.609. The van der Waals surface area contributed by atoms with E-state index >= 15 is 0 Å². The molecule has 0 spiro atoms. The minimum atomic E-state index is 0.609. The van der Waals surface area contributed by atoms with E-state index in [0.29, 0.717) is 23.6 Å². The van der Waals surface area contributed by atoms with Crippen LogP contribution in [0.15, 0.2) is 40.1 Å². The van der Waals surface area contributed by atoms with Gasteiger partial charge in [-0.25, -0.2) is 4.98 Å². The predicted molar refractivity (Wildman–Crippen MR) is 67.0 cm³/mol. The Morgan fingerprint density at radius 1 is 1.35 bits per heavy atom. The van der Waals surface area contributed by atoms with Crippen molar-refractivity contribution in [3.05, 3.63) is 35.7 Å². The van der Waals surface area contributed by atoms with E-state index in [2.05, 4.69) is 10.3 Å². The monoisotopic (exact) mass is 244 g/mol. The van der Waals surface area contributed by atoms with Gasteiger partial charge in [0.2, 0.25) is 12.3 Å². The normalized spacial score (nSPS) is 10.6. The summed E-state index contributed by atoms with van der Waals surface area (Å²) in [4.78, 5) is 15.7. The summed E-state index contributed by atoms with van der Waals surface area (Å²) >= 11 is 1.58. The van der Waals surface area contributed by atoms with E-state index in [1.165, 1.54) is 0 Å². The second kappa shape index (κ2) is 4.03. The Kier molecular flexibility index (Phi) is 2.38. The molecule has 1 amide bonds. The number of benzene rings is 1. The quantitative estimate of drug-likeness (QED) is 0.720. The number of anilines is 1. The van der Waals surface area contributed by atoms with E-state index < -0.39 is 0 Å². The minimum absolute atomic E-state index is 0.609. The SMILES string of the molecule is O=CNc1ccc2oc(-c3cccs3)nc2c1. The van der Waals surface area contributed by atoms with E-state index in [1.54, 1.807) is 29.5 Å². The summed E-state index contributed by atoms with van der Waals surface area (Å²) in [6.07, 6.45) is 0.640. The molecule has 0 fully saturated rings. The molecule has 2 heterocycles. The Hall–Kier alpha value is -2.14. The number of rotatable bonds is 3. The highest BCUT2D eigenvalue weighted by Gasteiger charge is 2.09. The summed E-state index contributed by atoms with van der Waals surface area (Å²) in [5, 5.41) is 4.56. The standard InChI is InChI=1S/C12H8N2O2S/c15-7-13-8-3-4-10-9(6-8)14-12(16-10)11-2-1-5-17-11/h1-7H,(H,13,15). The highest BCUT2D eigenvalue weighted by Crippen LogP contribution is 2.28. The van der Waals surface area contributed by atoms with E-state index in [-0.39, 0.29) is 0 Å². The van der Waals surface area contributed by atoms with E-state index in [4.69, 9.17) is 4.42 Å². The number of carbonyl (C=O) groups excluding carboxylic acids is 1. The maximum absolute atomic E-state index is 10.3. The first kappa shape index (κ1) is 10.0. The van der Waals surface area contributed by atoms with Crippen molar-refractivity contribution in [2.45, 2.75) is 0 Å². The van der Waals surface area contributed by atoms with Crippen LogP contribution in [0.5, 0.6) is 0 Å². The fraction of sp³-hybridized carbons (Fsp3) is 0. The molecule has 17 heavy (non-hydrogen) atoms. The molecule has 1 aromatic carbocycles. The number of carbonyl (C=O) groups is 1. The van der Waals surface area contributed by atoms with Crippen LogP contribution < -0.4 is 5.32 Å². The summed E-state index contributed by atoms with van der Waals surface area (Å²) in [6, 6.07) is 9.27. The number of fused-ring (bicyclic) bond motifs is 1. The Balaban J connectivity index is 2.09. The maximum atomic E-state index is 10.3. The van der Waals surface area contributed by atoms with Crippen molar-refractivity contribution in [3.63, 3.8) is 0 Å². The third kappa shape index (κ3) is 1.81. The summed E-state index contributed by atoms with van der Waals surface area (Å²) < 4.78 is 5.63. The molecular weight excluding hydrogens is 236 g/mol. The number of thiophene rings is 1. The zero-order chi connectivity index (χ0) is 11.7. The molecule has 0 aliphatic carbocycles. The summed E-state index contributed by atoms with van der Waals surface area (Å²) in [6.45, 7) is 0. The van der Waals surface area contributed by atoms with Gasteiger partial charge in [-0.1, -0.05) is 6.07 Å². The highest BCUT2D eigenvalue weighted by atomic mass is 32.1. The first-order chi connectivity index (χ1) is 8.36. The molecule has 0 aliphatic rings. The number of aromatic nitrogens is 1. The molecule has 84 valence electrons. The lowest BCUT2D eigenvalue weighted by atomic mass is 10.3. The van der Waals surface area contributed by atoms with Gasteiger partial charge in [0.25, 0.3) is 0 Å². The van der Waals surface area contributed by atoms with Crippen LogP contribution in [0.2, 0.25) is 0 Å². The molecule has 2 aromatic heterocycles. The zero-order valence-electron chi connectivity index (χ0n) is 8.71. The first-order valence-corrected chi connectivity index (χ1v) is 5.89. The Morgan fingerprint density at radius 2 is 2.29 bits per heavy atom. The van der Waals surface area contributed by atoms with Crippen LogP contribution >= 0.6 is 11.3 Å². The van der Waals surface area contributed by atoms with Crippen LogP contribution in [0, 0.1) is 0 Å². The van der Waals surface area contributed by atoms with Gasteiger partial charge in [0.15, 0.2) is 5.58 Å². The van der Waals surface area contributed by atoms with Crippen LogP contribution in [0.3, 0.4) is 0 Å². The molecule has 0 atom stereocenters. The molecule has 0 saturated heterocycles. The van der Waals surface area contributed by atoms with Gasteiger partial charge in [0, 0.05) is 5.69 Å². The predicted octanol–water partition coefficient (Wildman–Crippen LogP) is 3.12. The number of hydrogen-bond acceptors (Lipinski definition) is 4. The summed E-state index contributed by atoms with van der Waals surface area (Å²) in [7, 11) is 0. The third-order valence-corrected chi connectivity index (χ3v) is 3.20. The average Bonchev–Trinajstić information content (AvgIpc) is 2.97. The third-order valence-electron chi connectivity index (χ3n) is 2.35. The lowest BCUT2D eigenvalue weighted by Crippen LogP contribution is -1.92. The van der Waals surface area contributed by atoms with Gasteiger partial charge >= 0.3 is 0 Å². The zero-order valence-corrected chi connectivity index (χ0v) is 9.53. The molecular formula is C12H8N2O2S. The molecule has 0 aliphatic heterocycles. The van der Waals surface area contributed by atoms with Crippen LogP contribution in [0.25, 0.3) is 21.9 Å². The Bertz CT molecular complexity index is 658. The minimum Gasteiger partial charge on any atom is -0.435 e. The molecule has 1 N–H and O–H groups in total. The lowest BCUT2D eigenvalue weighted by molar-refractivity contribution is -0.105. The van der Waals surface area contributed by atoms with Crippen molar-refractivity contribution in [2.24, 2.45) is 0 Å². The molecule has 0 unspecified atom stereocenters. The molecule has 4 nitrogen and oxygen atoms in total. The van der Waals surface area contributed by atoms with Crippen molar-refractivity contribution >= 4 is 34.5 Å². The van der Waals surface area contributed by atoms with Crippen LogP contribution in [0.1, 0.15) is 0 Å². The van der Waals surface area contributed by atoms with Gasteiger partial charge in [-0.15, -0.1) is 11.3 Å². The molecule has 3 aromatic rings. The maximum Gasteiger partial charge on any atom is 0.237 e. The van der Waals surface area contributed by atoms with Crippen LogP contribution in [-0.2, 0) is 4.79 Å². The molecule has 0 saturated carbocycles. The Labute approximate surface area is 101 Å². The average molecular weight is 244 g/mol. The van der Waals surface area contributed by atoms with E-state index in [9.17, 15) is 4.79 Å². The van der Waals surface area contributed by atoms with E-state index in [1.807, 2.05) is 17.5 Å². The van der Waals surface area contributed by atoms with Crippen LogP contribution in [-0.4, -0.2) is 11.4 Å². The van der Waals surface area contributed by atoms with Gasteiger partial charge in [-0.3, -0.25) is 4.79 Å². The van der Waals surface area contributed by atoms with Crippen molar-refractivity contribution < 1.29 is 9.21 Å². The molecule has 3 rings (SSSR count). The van der Waals surface area contributed by atoms with Crippen molar-refractivity contribution in [3.8, 4) is 10.8 Å². The van der Waals surface area contributed by atoms with E-state index in [0.717, 1.165) is 10.4 Å². The van der Waals surface area contributed by atoms with Gasteiger partial charge in [-0.05, 0) is 29.6 Å². The number of nitrogens with one attached hydrogen (secondary N) is 1. The molecule has 0 bridgehead atoms. The van der Waals surface area contributed by atoms with Crippen LogP contribution in [0.4, 0.5) is 5.69 Å². The topological polar surface area (TPSA) is 55.1 Å². The first-order valence-electron chi connectivity index (χ1n) is 5.01. The van der Waals surface area contributed by atoms with Gasteiger partial charge < -0.3 is 9.73 Å². The van der Waals surface area contributed by atoms with Crippen molar-refractivity contribution in [1.82, 2.24) is 4.98 Å². The summed E-state index contributed by atoms with van der Waals surface area (Å²) in [5.41, 5.74) is 2.16. The van der Waals surface area contributed by atoms with Gasteiger partial charge in [-0.2, -0.15) is 0 Å². The fourth-order valence-corrected chi connectivity index (χ4v) is 2.24. The van der Waals surface area contributed by atoms with Gasteiger partial charge in [0.05, 0.1) is 4.88 Å². The number of oxazole rings is 1. The number of nitrogens with zero attached hydrogens (tertiary/aromatic N) is 1. The highest BCUT2D eigenvalue weighted by molar-refractivity contribution is 7.13. The lowest BCUT2D eigenvalue weighted by Gasteiger charge is -1.95. The largest absolute Gasteiger partial charge is 0.435 e. The van der Waals surface area contributed by atoms with Gasteiger partial charge in [0.1, 0.15) is 5.52 Å². The Morgan fingerprint density at radius 3 is 3.06 bits per heavy atom. The second-order valence-electron chi connectivity index (χ2n) is 3.44. The second-order valence-corrected chi connectivity index (χ2v) is 4.39. The fourth-order valence-electron chi connectivity index (χ4n) is 1.59. The molecule has 0 radical (unpaired) electrons. The smallest absolute Gasteiger partial charge is 0.237 e. The van der Waals surface area contributed by atoms with Crippen molar-refractivity contribution in [1.29, 1.82) is 0 Å². The van der Waals surface area contributed by atoms with Crippen molar-refractivity contribution in [2.75, 3.05) is 5.32 Å². The number of hydrogen-bond donors (Lipinski definition) is 1. The molecule has 5 heteroatoms. The number of amides is 1.